The second-order valence-corrected chi connectivity index (χ2v) is 6.97. The van der Waals surface area contributed by atoms with E-state index in [4.69, 9.17) is 4.74 Å². The maximum atomic E-state index is 12.5. The maximum absolute atomic E-state index is 12.5. The molecule has 1 aromatic heterocycles. The fraction of sp³-hybridized carbons (Fsp3) is 0.167. The summed E-state index contributed by atoms with van der Waals surface area (Å²) in [5.41, 5.74) is 2.81. The van der Waals surface area contributed by atoms with E-state index in [0.29, 0.717) is 16.7 Å². The average Bonchev–Trinajstić information content (AvgIpc) is 2.78. The molecule has 0 aliphatic carbocycles. The summed E-state index contributed by atoms with van der Waals surface area (Å²) in [6.45, 7) is 2.01. The van der Waals surface area contributed by atoms with Gasteiger partial charge < -0.3 is 9.72 Å². The van der Waals surface area contributed by atoms with Crippen LogP contribution in [0.1, 0.15) is 36.0 Å². The Labute approximate surface area is 169 Å². The molecule has 0 aliphatic rings. The SMILES string of the molecule is COc1ccc([C@@H](N[C@H](C)c2nc3ccccc3c(=O)[nH]2)c2ccccc2)cc1. The zero-order valence-electron chi connectivity index (χ0n) is 16.4. The summed E-state index contributed by atoms with van der Waals surface area (Å²) in [6, 6.07) is 25.4. The summed E-state index contributed by atoms with van der Waals surface area (Å²) in [6.07, 6.45) is 0. The summed E-state index contributed by atoms with van der Waals surface area (Å²) in [7, 11) is 1.66. The largest absolute Gasteiger partial charge is 0.497 e. The van der Waals surface area contributed by atoms with Crippen LogP contribution in [0.25, 0.3) is 10.9 Å². The summed E-state index contributed by atoms with van der Waals surface area (Å²) in [5.74, 6) is 1.43. The Morgan fingerprint density at radius 3 is 2.28 bits per heavy atom. The number of ether oxygens (including phenoxy) is 1. The van der Waals surface area contributed by atoms with E-state index in [1.54, 1.807) is 13.2 Å². The van der Waals surface area contributed by atoms with Crippen LogP contribution < -0.4 is 15.6 Å². The van der Waals surface area contributed by atoms with Crippen molar-refractivity contribution in [2.75, 3.05) is 7.11 Å². The van der Waals surface area contributed by atoms with Crippen LogP contribution in [0.3, 0.4) is 0 Å². The molecule has 0 fully saturated rings. The smallest absolute Gasteiger partial charge is 0.258 e. The number of H-pyrrole nitrogens is 1. The van der Waals surface area contributed by atoms with Crippen LogP contribution in [0.15, 0.2) is 83.7 Å². The second-order valence-electron chi connectivity index (χ2n) is 6.97. The Hall–Kier alpha value is -3.44. The molecular formula is C24H23N3O2. The number of aromatic nitrogens is 2. The van der Waals surface area contributed by atoms with Crippen molar-refractivity contribution in [2.45, 2.75) is 19.0 Å². The molecule has 0 spiro atoms. The quantitative estimate of drug-likeness (QED) is 0.517. The minimum atomic E-state index is -0.167. The maximum Gasteiger partial charge on any atom is 0.258 e. The average molecular weight is 385 g/mol. The molecule has 4 rings (SSSR count). The number of para-hydroxylation sites is 1. The Bertz CT molecular complexity index is 1150. The van der Waals surface area contributed by atoms with Gasteiger partial charge in [0.15, 0.2) is 0 Å². The molecule has 2 atom stereocenters. The van der Waals surface area contributed by atoms with Crippen molar-refractivity contribution in [2.24, 2.45) is 0 Å². The Balaban J connectivity index is 1.69. The Morgan fingerprint density at radius 2 is 1.55 bits per heavy atom. The monoisotopic (exact) mass is 385 g/mol. The molecule has 5 heteroatoms. The number of hydrogen-bond acceptors (Lipinski definition) is 4. The number of rotatable bonds is 6. The van der Waals surface area contributed by atoms with Crippen molar-refractivity contribution in [1.82, 2.24) is 15.3 Å². The van der Waals surface area contributed by atoms with E-state index in [1.165, 1.54) is 0 Å². The lowest BCUT2D eigenvalue weighted by molar-refractivity contribution is 0.414. The third-order valence-corrected chi connectivity index (χ3v) is 5.04. The first-order valence-electron chi connectivity index (χ1n) is 9.59. The highest BCUT2D eigenvalue weighted by Gasteiger charge is 2.19. The number of nitrogens with one attached hydrogen (secondary N) is 2. The van der Waals surface area contributed by atoms with Crippen molar-refractivity contribution in [3.8, 4) is 5.75 Å². The van der Waals surface area contributed by atoms with Crippen LogP contribution >= 0.6 is 0 Å². The van der Waals surface area contributed by atoms with Crippen LogP contribution in [0, 0.1) is 0 Å². The van der Waals surface area contributed by atoms with Gasteiger partial charge in [-0.15, -0.1) is 0 Å². The number of benzene rings is 3. The van der Waals surface area contributed by atoms with E-state index in [1.807, 2.05) is 67.6 Å². The second kappa shape index (κ2) is 8.29. The van der Waals surface area contributed by atoms with Gasteiger partial charge in [-0.25, -0.2) is 4.98 Å². The lowest BCUT2D eigenvalue weighted by Crippen LogP contribution is -2.28. The molecule has 2 N–H and O–H groups in total. The van der Waals surface area contributed by atoms with E-state index >= 15 is 0 Å². The zero-order valence-corrected chi connectivity index (χ0v) is 16.4. The number of methoxy groups -OCH3 is 1. The van der Waals surface area contributed by atoms with Gasteiger partial charge in [-0.05, 0) is 42.3 Å². The van der Waals surface area contributed by atoms with E-state index in [2.05, 4.69) is 27.4 Å². The van der Waals surface area contributed by atoms with E-state index in [9.17, 15) is 4.79 Å². The first-order chi connectivity index (χ1) is 14.2. The topological polar surface area (TPSA) is 67.0 Å². The van der Waals surface area contributed by atoms with Gasteiger partial charge in [0.1, 0.15) is 11.6 Å². The molecule has 146 valence electrons. The number of aromatic amines is 1. The molecule has 3 aromatic carbocycles. The molecule has 0 aliphatic heterocycles. The normalized spacial score (nSPS) is 13.2. The molecule has 0 unspecified atom stereocenters. The molecule has 5 nitrogen and oxygen atoms in total. The van der Waals surface area contributed by atoms with Crippen LogP contribution in [0.2, 0.25) is 0 Å². The third kappa shape index (κ3) is 4.05. The minimum absolute atomic E-state index is 0.0612. The van der Waals surface area contributed by atoms with Crippen molar-refractivity contribution < 1.29 is 4.74 Å². The fourth-order valence-corrected chi connectivity index (χ4v) is 3.47. The molecule has 0 amide bonds. The minimum Gasteiger partial charge on any atom is -0.497 e. The number of fused-ring (bicyclic) bond motifs is 1. The van der Waals surface area contributed by atoms with Gasteiger partial charge in [-0.2, -0.15) is 0 Å². The van der Waals surface area contributed by atoms with Gasteiger partial charge in [0.2, 0.25) is 0 Å². The van der Waals surface area contributed by atoms with E-state index in [0.717, 1.165) is 16.9 Å². The molecule has 29 heavy (non-hydrogen) atoms. The molecular weight excluding hydrogens is 362 g/mol. The van der Waals surface area contributed by atoms with E-state index < -0.39 is 0 Å². The molecule has 0 bridgehead atoms. The van der Waals surface area contributed by atoms with Gasteiger partial charge in [0, 0.05) is 0 Å². The molecule has 0 saturated heterocycles. The van der Waals surface area contributed by atoms with Crippen LogP contribution in [-0.4, -0.2) is 17.1 Å². The third-order valence-electron chi connectivity index (χ3n) is 5.04. The van der Waals surface area contributed by atoms with Crippen LogP contribution in [0.4, 0.5) is 0 Å². The molecule has 1 heterocycles. The summed E-state index contributed by atoms with van der Waals surface area (Å²) >= 11 is 0. The van der Waals surface area contributed by atoms with Crippen molar-refractivity contribution in [3.05, 3.63) is 106 Å². The standard InChI is InChI=1S/C24H23N3O2/c1-16(23-26-21-11-7-6-10-20(21)24(28)27-23)25-22(17-8-4-3-5-9-17)18-12-14-19(29-2)15-13-18/h3-16,22,25H,1-2H3,(H,26,27,28)/t16-,22+/m1/s1. The first kappa shape index (κ1) is 18.9. The van der Waals surface area contributed by atoms with Crippen LogP contribution in [0.5, 0.6) is 5.75 Å². The van der Waals surface area contributed by atoms with Crippen LogP contribution in [-0.2, 0) is 0 Å². The lowest BCUT2D eigenvalue weighted by Gasteiger charge is -2.24. The number of nitrogens with zero attached hydrogens (tertiary/aromatic N) is 1. The lowest BCUT2D eigenvalue weighted by atomic mass is 9.97. The highest BCUT2D eigenvalue weighted by molar-refractivity contribution is 5.77. The summed E-state index contributed by atoms with van der Waals surface area (Å²) in [4.78, 5) is 20.1. The first-order valence-corrected chi connectivity index (χ1v) is 9.59. The highest BCUT2D eigenvalue weighted by atomic mass is 16.5. The van der Waals surface area contributed by atoms with Gasteiger partial charge >= 0.3 is 0 Å². The molecule has 4 aromatic rings. The summed E-state index contributed by atoms with van der Waals surface area (Å²) < 4.78 is 5.29. The van der Waals surface area contributed by atoms with Gasteiger partial charge in [0.05, 0.1) is 30.1 Å². The Kier molecular flexibility index (Phi) is 5.40. The van der Waals surface area contributed by atoms with Crippen molar-refractivity contribution in [3.63, 3.8) is 0 Å². The van der Waals surface area contributed by atoms with Gasteiger partial charge in [0.25, 0.3) is 5.56 Å². The van der Waals surface area contributed by atoms with Crippen molar-refractivity contribution in [1.29, 1.82) is 0 Å². The predicted molar refractivity (Wildman–Crippen MR) is 115 cm³/mol. The number of hydrogen-bond donors (Lipinski definition) is 2. The van der Waals surface area contributed by atoms with E-state index in [-0.39, 0.29) is 17.6 Å². The highest BCUT2D eigenvalue weighted by Crippen LogP contribution is 2.26. The predicted octanol–water partition coefficient (Wildman–Crippen LogP) is 4.37. The van der Waals surface area contributed by atoms with Gasteiger partial charge in [-0.3, -0.25) is 10.1 Å². The van der Waals surface area contributed by atoms with Crippen molar-refractivity contribution >= 4 is 10.9 Å². The molecule has 0 saturated carbocycles. The fourth-order valence-electron chi connectivity index (χ4n) is 3.47. The zero-order chi connectivity index (χ0) is 20.2. The molecule has 0 radical (unpaired) electrons. The summed E-state index contributed by atoms with van der Waals surface area (Å²) in [5, 5.41) is 4.22. The van der Waals surface area contributed by atoms with Gasteiger partial charge in [-0.1, -0.05) is 54.6 Å². The Morgan fingerprint density at radius 1 is 0.897 bits per heavy atom.